The molecule has 2 N–H and O–H groups in total. The van der Waals surface area contributed by atoms with Gasteiger partial charge in [0.25, 0.3) is 0 Å². The maximum atomic E-state index is 12.9. The minimum atomic E-state index is -0.704. The van der Waals surface area contributed by atoms with Crippen molar-refractivity contribution in [3.05, 3.63) is 45.6 Å². The van der Waals surface area contributed by atoms with Gasteiger partial charge in [-0.1, -0.05) is 23.2 Å². The molecule has 0 unspecified atom stereocenters. The number of amides is 2. The molecule has 2 amide bonds. The highest BCUT2D eigenvalue weighted by Crippen LogP contribution is 2.48. The van der Waals surface area contributed by atoms with Crippen molar-refractivity contribution in [1.82, 2.24) is 9.88 Å². The van der Waals surface area contributed by atoms with E-state index >= 15 is 0 Å². The van der Waals surface area contributed by atoms with Crippen LogP contribution >= 0.6 is 23.2 Å². The molecule has 8 nitrogen and oxygen atoms in total. The van der Waals surface area contributed by atoms with Crippen LogP contribution in [0.3, 0.4) is 0 Å². The van der Waals surface area contributed by atoms with Gasteiger partial charge in [-0.25, -0.2) is 4.98 Å². The first-order valence-corrected chi connectivity index (χ1v) is 13.6. The van der Waals surface area contributed by atoms with E-state index in [1.165, 1.54) is 0 Å². The number of nitrogens with zero attached hydrogens (tertiary/aromatic N) is 3. The highest BCUT2D eigenvalue weighted by atomic mass is 35.5. The predicted octanol–water partition coefficient (Wildman–Crippen LogP) is 3.95. The molecule has 1 aromatic heterocycles. The van der Waals surface area contributed by atoms with Gasteiger partial charge in [0.2, 0.25) is 11.8 Å². The average molecular weight is 545 g/mol. The maximum absolute atomic E-state index is 12.9. The summed E-state index contributed by atoms with van der Waals surface area (Å²) >= 11 is 12.6. The highest BCUT2D eigenvalue weighted by molar-refractivity contribution is 6.37. The fourth-order valence-electron chi connectivity index (χ4n) is 6.34. The number of aliphatic hydroxyl groups is 1. The van der Waals surface area contributed by atoms with Gasteiger partial charge in [0.05, 0.1) is 27.9 Å². The number of anilines is 2. The van der Waals surface area contributed by atoms with Crippen LogP contribution in [-0.2, 0) is 21.4 Å². The molecule has 0 radical (unpaired) electrons. The molecule has 3 aliphatic heterocycles. The van der Waals surface area contributed by atoms with Gasteiger partial charge in [0.15, 0.2) is 0 Å². The van der Waals surface area contributed by atoms with Gasteiger partial charge in [-0.3, -0.25) is 19.4 Å². The van der Waals surface area contributed by atoms with Crippen LogP contribution < -0.4 is 15.0 Å². The molecule has 4 aliphatic rings. The summed E-state index contributed by atoms with van der Waals surface area (Å²) in [6.07, 6.45) is 5.30. The summed E-state index contributed by atoms with van der Waals surface area (Å²) < 4.78 is 6.03. The zero-order valence-electron chi connectivity index (χ0n) is 20.7. The Kier molecular flexibility index (Phi) is 6.14. The van der Waals surface area contributed by atoms with E-state index in [9.17, 15) is 14.7 Å². The first kappa shape index (κ1) is 24.9. The van der Waals surface area contributed by atoms with Gasteiger partial charge in [0, 0.05) is 24.0 Å². The molecule has 0 atom stereocenters. The Morgan fingerprint density at radius 2 is 1.92 bits per heavy atom. The summed E-state index contributed by atoms with van der Waals surface area (Å²) in [4.78, 5) is 34.2. The molecule has 1 aromatic carbocycles. The van der Waals surface area contributed by atoms with Crippen LogP contribution in [0.25, 0.3) is 0 Å². The number of carbonyl (C=O) groups is 2. The van der Waals surface area contributed by atoms with E-state index in [2.05, 4.69) is 15.2 Å². The van der Waals surface area contributed by atoms with Crippen LogP contribution in [0.2, 0.25) is 10.0 Å². The van der Waals surface area contributed by atoms with Gasteiger partial charge in [-0.2, -0.15) is 0 Å². The van der Waals surface area contributed by atoms with Gasteiger partial charge in [-0.05, 0) is 81.4 Å². The monoisotopic (exact) mass is 544 g/mol. The van der Waals surface area contributed by atoms with Gasteiger partial charge in [0.1, 0.15) is 18.2 Å². The number of fused-ring (bicyclic) bond motifs is 3. The molecular formula is C27H30Cl2N4O4. The fourth-order valence-corrected chi connectivity index (χ4v) is 6.88. The van der Waals surface area contributed by atoms with E-state index in [0.717, 1.165) is 30.8 Å². The lowest BCUT2D eigenvalue weighted by atomic mass is 9.73. The van der Waals surface area contributed by atoms with Crippen LogP contribution in [0.4, 0.5) is 11.5 Å². The molecule has 6 rings (SSSR count). The van der Waals surface area contributed by atoms with Crippen LogP contribution in [0, 0.1) is 0 Å². The molecule has 1 aliphatic carbocycles. The summed E-state index contributed by atoms with van der Waals surface area (Å²) in [5.74, 6) is 1.46. The van der Waals surface area contributed by atoms with Gasteiger partial charge >= 0.3 is 0 Å². The third-order valence-electron chi connectivity index (χ3n) is 8.37. The number of aromatic nitrogens is 1. The van der Waals surface area contributed by atoms with Crippen molar-refractivity contribution >= 4 is 46.5 Å². The second-order valence-corrected chi connectivity index (χ2v) is 11.9. The number of hydrogen-bond acceptors (Lipinski definition) is 6. The molecule has 1 spiro atoms. The fraction of sp³-hybridized carbons (Fsp3) is 0.519. The Bertz CT molecular complexity index is 1270. The summed E-state index contributed by atoms with van der Waals surface area (Å²) in [5, 5.41) is 14.1. The third kappa shape index (κ3) is 4.38. The van der Waals surface area contributed by atoms with Gasteiger partial charge < -0.3 is 15.2 Å². The van der Waals surface area contributed by atoms with E-state index in [1.54, 1.807) is 24.1 Å². The van der Waals surface area contributed by atoms with Crippen molar-refractivity contribution in [1.29, 1.82) is 0 Å². The van der Waals surface area contributed by atoms with E-state index < -0.39 is 11.0 Å². The number of ether oxygens (including phenoxy) is 1. The Hall–Kier alpha value is -2.39. The van der Waals surface area contributed by atoms with E-state index in [0.29, 0.717) is 72.4 Å². The number of rotatable bonds is 5. The number of pyridine rings is 1. The average Bonchev–Trinajstić information content (AvgIpc) is 3.10. The SMILES string of the molecule is C[C@]1(O)C[C@@H](N2C(=O)CCc3cc(OCCN4CCC5(CC4)C(=O)Nc4c(Cl)cc(Cl)cc45)cnc32)C1. The van der Waals surface area contributed by atoms with Crippen LogP contribution in [0.15, 0.2) is 24.4 Å². The molecular weight excluding hydrogens is 515 g/mol. The van der Waals surface area contributed by atoms with Crippen molar-refractivity contribution in [2.75, 3.05) is 36.5 Å². The van der Waals surface area contributed by atoms with Gasteiger partial charge in [-0.15, -0.1) is 0 Å². The molecule has 2 aromatic rings. The topological polar surface area (TPSA) is 95.0 Å². The Morgan fingerprint density at radius 3 is 2.65 bits per heavy atom. The van der Waals surface area contributed by atoms with Crippen LogP contribution in [0.1, 0.15) is 50.2 Å². The number of aryl methyl sites for hydroxylation is 1. The summed E-state index contributed by atoms with van der Waals surface area (Å²) in [6.45, 7) is 4.58. The third-order valence-corrected chi connectivity index (χ3v) is 8.88. The number of hydrogen-bond donors (Lipinski definition) is 2. The summed E-state index contributed by atoms with van der Waals surface area (Å²) in [6, 6.07) is 5.52. The molecule has 1 saturated heterocycles. The number of piperidine rings is 1. The number of nitrogens with one attached hydrogen (secondary N) is 1. The van der Waals surface area contributed by atoms with Crippen molar-refractivity contribution < 1.29 is 19.4 Å². The molecule has 196 valence electrons. The Labute approximate surface area is 225 Å². The van der Waals surface area contributed by atoms with Crippen molar-refractivity contribution in [3.8, 4) is 5.75 Å². The summed E-state index contributed by atoms with van der Waals surface area (Å²) in [5.41, 5.74) is 1.32. The number of benzene rings is 1. The molecule has 10 heteroatoms. The second kappa shape index (κ2) is 9.12. The first-order valence-electron chi connectivity index (χ1n) is 12.8. The van der Waals surface area contributed by atoms with Crippen LogP contribution in [-0.4, -0.2) is 64.7 Å². The number of likely N-dealkylation sites (tertiary alicyclic amines) is 1. The quantitative estimate of drug-likeness (QED) is 0.591. The lowest BCUT2D eigenvalue weighted by molar-refractivity contribution is -0.123. The van der Waals surface area contributed by atoms with Crippen LogP contribution in [0.5, 0.6) is 5.75 Å². The maximum Gasteiger partial charge on any atom is 0.235 e. The smallest absolute Gasteiger partial charge is 0.235 e. The van der Waals surface area contributed by atoms with Crippen molar-refractivity contribution in [2.45, 2.75) is 62.5 Å². The Morgan fingerprint density at radius 1 is 1.16 bits per heavy atom. The number of carbonyl (C=O) groups excluding carboxylic acids is 2. The minimum Gasteiger partial charge on any atom is -0.491 e. The first-order chi connectivity index (χ1) is 17.6. The molecule has 37 heavy (non-hydrogen) atoms. The van der Waals surface area contributed by atoms with E-state index in [4.69, 9.17) is 27.9 Å². The lowest BCUT2D eigenvalue weighted by Gasteiger charge is -2.47. The summed E-state index contributed by atoms with van der Waals surface area (Å²) in [7, 11) is 0. The lowest BCUT2D eigenvalue weighted by Crippen LogP contribution is -2.57. The molecule has 2 fully saturated rings. The highest BCUT2D eigenvalue weighted by Gasteiger charge is 2.49. The van der Waals surface area contributed by atoms with Crippen molar-refractivity contribution in [2.24, 2.45) is 0 Å². The van der Waals surface area contributed by atoms with E-state index in [-0.39, 0.29) is 17.9 Å². The molecule has 1 saturated carbocycles. The number of halogens is 2. The second-order valence-electron chi connectivity index (χ2n) is 11.0. The Balaban J connectivity index is 1.05. The zero-order valence-corrected chi connectivity index (χ0v) is 22.2. The molecule has 4 heterocycles. The minimum absolute atomic E-state index is 0.000687. The largest absolute Gasteiger partial charge is 0.491 e. The standard InChI is InChI=1S/C27H30Cl2N4O4/c1-26(36)13-18(14-26)33-22(34)3-2-16-10-19(15-30-24(16)33)37-9-8-32-6-4-27(5-7-32)20-11-17(28)12-21(29)23(20)31-25(27)35/h10-12,15,18,36H,2-9,13-14H2,1H3,(H,31,35)/t18-,26+. The normalized spacial score (nSPS) is 26.5. The predicted molar refractivity (Wildman–Crippen MR) is 142 cm³/mol. The van der Waals surface area contributed by atoms with E-state index in [1.807, 2.05) is 12.1 Å². The molecule has 0 bridgehead atoms. The zero-order chi connectivity index (χ0) is 25.9. The van der Waals surface area contributed by atoms with Crippen molar-refractivity contribution in [3.63, 3.8) is 0 Å².